The maximum atomic E-state index is 12.6. The summed E-state index contributed by atoms with van der Waals surface area (Å²) in [6.07, 6.45) is 2.01. The molecule has 2 aromatic rings. The fraction of sp³-hybridized carbons (Fsp3) is 0.423. The van der Waals surface area contributed by atoms with Crippen molar-refractivity contribution in [1.82, 2.24) is 10.6 Å². The van der Waals surface area contributed by atoms with Crippen LogP contribution in [0, 0.1) is 0 Å². The highest BCUT2D eigenvalue weighted by Crippen LogP contribution is 2.28. The first-order valence-electron chi connectivity index (χ1n) is 11.6. The van der Waals surface area contributed by atoms with Crippen LogP contribution in [-0.2, 0) is 24.5 Å². The van der Waals surface area contributed by atoms with Gasteiger partial charge in [-0.3, -0.25) is 4.79 Å². The summed E-state index contributed by atoms with van der Waals surface area (Å²) in [6, 6.07) is 9.77. The van der Waals surface area contributed by atoms with Crippen molar-refractivity contribution in [2.24, 2.45) is 0 Å². The Bertz CT molecular complexity index is 1050. The molecule has 2 amide bonds. The van der Waals surface area contributed by atoms with Gasteiger partial charge in [0, 0.05) is 6.42 Å². The number of carbonyl (C=O) groups excluding carboxylic acids is 3. The Balaban J connectivity index is 1.55. The van der Waals surface area contributed by atoms with Gasteiger partial charge in [-0.15, -0.1) is 0 Å². The molecule has 0 saturated carbocycles. The van der Waals surface area contributed by atoms with Crippen molar-refractivity contribution in [2.45, 2.75) is 52.0 Å². The van der Waals surface area contributed by atoms with Crippen LogP contribution in [0.25, 0.3) is 0 Å². The first kappa shape index (κ1) is 25.9. The molecule has 9 heteroatoms. The van der Waals surface area contributed by atoms with Gasteiger partial charge in [0.2, 0.25) is 0 Å². The molecular formula is C26H32N2O7. The Kier molecular flexibility index (Phi) is 8.57. The van der Waals surface area contributed by atoms with Crippen molar-refractivity contribution < 1.29 is 33.0 Å². The molecule has 1 aromatic carbocycles. The van der Waals surface area contributed by atoms with Crippen LogP contribution in [0.5, 0.6) is 5.75 Å². The Labute approximate surface area is 204 Å². The highest BCUT2D eigenvalue weighted by molar-refractivity contribution is 5.95. The fourth-order valence-electron chi connectivity index (χ4n) is 3.53. The van der Waals surface area contributed by atoms with Crippen LogP contribution in [0.1, 0.15) is 57.9 Å². The van der Waals surface area contributed by atoms with Crippen molar-refractivity contribution in [2.75, 3.05) is 19.8 Å². The quantitative estimate of drug-likeness (QED) is 0.384. The lowest BCUT2D eigenvalue weighted by Gasteiger charge is -2.27. The van der Waals surface area contributed by atoms with Crippen LogP contribution >= 0.6 is 0 Å². The maximum Gasteiger partial charge on any atom is 0.338 e. The van der Waals surface area contributed by atoms with E-state index in [1.165, 1.54) is 11.8 Å². The molecule has 0 aliphatic carbocycles. The van der Waals surface area contributed by atoms with Crippen molar-refractivity contribution in [3.8, 4) is 5.75 Å². The number of hydrogen-bond donors (Lipinski definition) is 2. The Morgan fingerprint density at radius 1 is 1.09 bits per heavy atom. The molecule has 0 spiro atoms. The van der Waals surface area contributed by atoms with Crippen molar-refractivity contribution in [3.05, 3.63) is 65.3 Å². The van der Waals surface area contributed by atoms with Gasteiger partial charge < -0.3 is 29.3 Å². The average Bonchev–Trinajstić information content (AvgIpc) is 3.35. The predicted molar refractivity (Wildman–Crippen MR) is 128 cm³/mol. The summed E-state index contributed by atoms with van der Waals surface area (Å²) >= 11 is 0. The van der Waals surface area contributed by atoms with Gasteiger partial charge in [0.25, 0.3) is 0 Å². The third-order valence-electron chi connectivity index (χ3n) is 5.37. The average molecular weight is 485 g/mol. The molecule has 2 N–H and O–H groups in total. The smallest absolute Gasteiger partial charge is 0.338 e. The van der Waals surface area contributed by atoms with Gasteiger partial charge in [0.15, 0.2) is 0 Å². The normalized spacial score (nSPS) is 15.8. The number of ether oxygens (including phenoxy) is 3. The molecule has 0 unspecified atom stereocenters. The summed E-state index contributed by atoms with van der Waals surface area (Å²) in [7, 11) is 0. The number of nitrogens with one attached hydrogen (secondary N) is 2. The molecule has 9 nitrogen and oxygen atoms in total. The second kappa shape index (κ2) is 11.6. The summed E-state index contributed by atoms with van der Waals surface area (Å²) in [4.78, 5) is 37.1. The Hall–Kier alpha value is -3.75. The van der Waals surface area contributed by atoms with Crippen LogP contribution in [0.4, 0.5) is 4.79 Å². The van der Waals surface area contributed by atoms with E-state index >= 15 is 0 Å². The first-order valence-corrected chi connectivity index (χ1v) is 11.6. The van der Waals surface area contributed by atoms with Gasteiger partial charge in [-0.25, -0.2) is 9.59 Å². The number of carbonyl (C=O) groups is 3. The maximum absolute atomic E-state index is 12.6. The van der Waals surface area contributed by atoms with Gasteiger partial charge in [-0.05, 0) is 48.6 Å². The topological polar surface area (TPSA) is 116 Å². The summed E-state index contributed by atoms with van der Waals surface area (Å²) in [5.74, 6) is -0.0237. The molecule has 35 heavy (non-hydrogen) atoms. The molecule has 0 fully saturated rings. The van der Waals surface area contributed by atoms with Crippen molar-refractivity contribution >= 4 is 18.0 Å². The number of benzene rings is 1. The summed E-state index contributed by atoms with van der Waals surface area (Å²) < 4.78 is 21.6. The SMILES string of the molecule is CCOC(=O)C1=C(COC(=O)CCCOc2ccc(C(C)(C)C)cc2)NC(=O)N[C@@H]1c1ccco1. The van der Waals surface area contributed by atoms with Gasteiger partial charge in [-0.2, -0.15) is 0 Å². The molecule has 3 rings (SSSR count). The van der Waals surface area contributed by atoms with Gasteiger partial charge in [0.1, 0.15) is 24.2 Å². The zero-order chi connectivity index (χ0) is 25.4. The standard InChI is InChI=1S/C26H32N2O7/c1-5-32-24(30)22-19(27-25(31)28-23(22)20-8-6-15-34-20)16-35-21(29)9-7-14-33-18-12-10-17(11-13-18)26(2,3)4/h6,8,10-13,15,23H,5,7,9,14,16H2,1-4H3,(H2,27,28,31)/t23-/m1/s1. The molecule has 0 saturated heterocycles. The molecule has 2 heterocycles. The molecule has 0 bridgehead atoms. The van der Waals surface area contributed by atoms with E-state index in [9.17, 15) is 14.4 Å². The van der Waals surface area contributed by atoms with E-state index < -0.39 is 24.0 Å². The number of esters is 2. The molecule has 1 aliphatic heterocycles. The molecule has 1 aromatic heterocycles. The Morgan fingerprint density at radius 3 is 2.46 bits per heavy atom. The molecule has 1 atom stereocenters. The second-order valence-electron chi connectivity index (χ2n) is 9.05. The molecule has 188 valence electrons. The largest absolute Gasteiger partial charge is 0.494 e. The van der Waals surface area contributed by atoms with Crippen LogP contribution in [-0.4, -0.2) is 37.8 Å². The van der Waals surface area contributed by atoms with Gasteiger partial charge >= 0.3 is 18.0 Å². The van der Waals surface area contributed by atoms with E-state index in [0.717, 1.165) is 5.75 Å². The van der Waals surface area contributed by atoms with E-state index in [0.29, 0.717) is 18.8 Å². The van der Waals surface area contributed by atoms with E-state index in [4.69, 9.17) is 18.6 Å². The molecular weight excluding hydrogens is 452 g/mol. The van der Waals surface area contributed by atoms with E-state index in [1.54, 1.807) is 19.1 Å². The first-order chi connectivity index (χ1) is 16.7. The minimum absolute atomic E-state index is 0.0662. The molecule has 0 radical (unpaired) electrons. The molecule has 1 aliphatic rings. The summed E-state index contributed by atoms with van der Waals surface area (Å²) in [5, 5.41) is 5.18. The summed E-state index contributed by atoms with van der Waals surface area (Å²) in [6.45, 7) is 8.32. The third kappa shape index (κ3) is 7.11. The zero-order valence-corrected chi connectivity index (χ0v) is 20.5. The minimum atomic E-state index is -0.857. The van der Waals surface area contributed by atoms with E-state index in [2.05, 4.69) is 31.4 Å². The van der Waals surface area contributed by atoms with Gasteiger partial charge in [0.05, 0.1) is 30.7 Å². The van der Waals surface area contributed by atoms with Gasteiger partial charge in [-0.1, -0.05) is 32.9 Å². The zero-order valence-electron chi connectivity index (χ0n) is 20.5. The fourth-order valence-corrected chi connectivity index (χ4v) is 3.53. The summed E-state index contributed by atoms with van der Waals surface area (Å²) in [5.41, 5.74) is 1.55. The highest BCUT2D eigenvalue weighted by atomic mass is 16.5. The third-order valence-corrected chi connectivity index (χ3v) is 5.37. The number of rotatable bonds is 10. The van der Waals surface area contributed by atoms with Crippen LogP contribution in [0.15, 0.2) is 58.3 Å². The van der Waals surface area contributed by atoms with E-state index in [1.807, 2.05) is 24.3 Å². The lowest BCUT2D eigenvalue weighted by atomic mass is 9.87. The number of amides is 2. The van der Waals surface area contributed by atoms with Crippen LogP contribution in [0.2, 0.25) is 0 Å². The van der Waals surface area contributed by atoms with Crippen LogP contribution in [0.3, 0.4) is 0 Å². The minimum Gasteiger partial charge on any atom is -0.494 e. The number of hydrogen-bond acceptors (Lipinski definition) is 7. The second-order valence-corrected chi connectivity index (χ2v) is 9.05. The lowest BCUT2D eigenvalue weighted by Crippen LogP contribution is -2.47. The number of furan rings is 1. The monoisotopic (exact) mass is 484 g/mol. The highest BCUT2D eigenvalue weighted by Gasteiger charge is 2.35. The van der Waals surface area contributed by atoms with Crippen molar-refractivity contribution in [1.29, 1.82) is 0 Å². The van der Waals surface area contributed by atoms with Crippen molar-refractivity contribution in [3.63, 3.8) is 0 Å². The van der Waals surface area contributed by atoms with Crippen LogP contribution < -0.4 is 15.4 Å². The number of urea groups is 1. The van der Waals surface area contributed by atoms with E-state index in [-0.39, 0.29) is 36.3 Å². The lowest BCUT2D eigenvalue weighted by molar-refractivity contribution is -0.144. The predicted octanol–water partition coefficient (Wildman–Crippen LogP) is 4.15. The Morgan fingerprint density at radius 2 is 1.83 bits per heavy atom.